The van der Waals surface area contributed by atoms with E-state index in [0.717, 1.165) is 22.6 Å². The van der Waals surface area contributed by atoms with E-state index in [1.807, 2.05) is 49.4 Å². The topological polar surface area (TPSA) is 60.4 Å². The SMILES string of the molecule is CCOc1ccccc1C1=NN(C(C)=O)[C@H](c2ccc(OC)cc2OC)C1. The van der Waals surface area contributed by atoms with Crippen LogP contribution in [0.5, 0.6) is 17.2 Å². The Labute approximate surface area is 159 Å². The van der Waals surface area contributed by atoms with Gasteiger partial charge in [-0.2, -0.15) is 5.10 Å². The molecule has 0 saturated carbocycles. The Morgan fingerprint density at radius 3 is 2.59 bits per heavy atom. The lowest BCUT2D eigenvalue weighted by atomic mass is 9.97. The standard InChI is InChI=1S/C21H24N2O4/c1-5-27-20-9-7-6-8-16(20)18-13-19(23(22-18)14(2)24)17-11-10-15(25-3)12-21(17)26-4/h6-12,19H,5,13H2,1-4H3/t19-/m0/s1. The fourth-order valence-corrected chi connectivity index (χ4v) is 3.29. The number of carbonyl (C=O) groups is 1. The largest absolute Gasteiger partial charge is 0.497 e. The smallest absolute Gasteiger partial charge is 0.240 e. The Morgan fingerprint density at radius 1 is 1.15 bits per heavy atom. The molecule has 6 heteroatoms. The summed E-state index contributed by atoms with van der Waals surface area (Å²) in [5.74, 6) is 2.01. The first-order valence-corrected chi connectivity index (χ1v) is 8.90. The van der Waals surface area contributed by atoms with Crippen LogP contribution >= 0.6 is 0 Å². The van der Waals surface area contributed by atoms with Crippen LogP contribution in [0.1, 0.15) is 37.4 Å². The summed E-state index contributed by atoms with van der Waals surface area (Å²) < 4.78 is 16.5. The average molecular weight is 368 g/mol. The minimum absolute atomic E-state index is 0.123. The van der Waals surface area contributed by atoms with Crippen LogP contribution in [0.3, 0.4) is 0 Å². The van der Waals surface area contributed by atoms with Gasteiger partial charge in [-0.3, -0.25) is 4.79 Å². The zero-order chi connectivity index (χ0) is 19.4. The summed E-state index contributed by atoms with van der Waals surface area (Å²) in [6.45, 7) is 4.03. The summed E-state index contributed by atoms with van der Waals surface area (Å²) in [7, 11) is 3.22. The van der Waals surface area contributed by atoms with Crippen LogP contribution in [0.4, 0.5) is 0 Å². The number of benzene rings is 2. The van der Waals surface area contributed by atoms with E-state index in [-0.39, 0.29) is 11.9 Å². The molecule has 142 valence electrons. The molecule has 1 amide bonds. The lowest BCUT2D eigenvalue weighted by molar-refractivity contribution is -0.130. The van der Waals surface area contributed by atoms with Crippen LogP contribution in [0.25, 0.3) is 0 Å². The molecule has 1 aliphatic rings. The normalized spacial score (nSPS) is 16.1. The molecule has 2 aromatic rings. The number of ether oxygens (including phenoxy) is 3. The lowest BCUT2D eigenvalue weighted by Crippen LogP contribution is -2.24. The van der Waals surface area contributed by atoms with Crippen LogP contribution in [0, 0.1) is 0 Å². The Hall–Kier alpha value is -3.02. The van der Waals surface area contributed by atoms with Crippen LogP contribution in [-0.2, 0) is 4.79 Å². The number of hydrogen-bond donors (Lipinski definition) is 0. The van der Waals surface area contributed by atoms with Crippen molar-refractivity contribution in [2.45, 2.75) is 26.3 Å². The number of para-hydroxylation sites is 1. The van der Waals surface area contributed by atoms with Gasteiger partial charge < -0.3 is 14.2 Å². The minimum atomic E-state index is -0.243. The molecule has 0 radical (unpaired) electrons. The fraction of sp³-hybridized carbons (Fsp3) is 0.333. The maximum Gasteiger partial charge on any atom is 0.240 e. The van der Waals surface area contributed by atoms with Gasteiger partial charge in [-0.05, 0) is 31.2 Å². The van der Waals surface area contributed by atoms with Gasteiger partial charge in [0.1, 0.15) is 17.2 Å². The highest BCUT2D eigenvalue weighted by Crippen LogP contribution is 2.40. The predicted octanol–water partition coefficient (Wildman–Crippen LogP) is 3.80. The number of hydrazone groups is 1. The third kappa shape index (κ3) is 3.74. The molecule has 0 bridgehead atoms. The van der Waals surface area contributed by atoms with Crippen molar-refractivity contribution in [2.75, 3.05) is 20.8 Å². The highest BCUT2D eigenvalue weighted by Gasteiger charge is 2.34. The summed E-state index contributed by atoms with van der Waals surface area (Å²) in [6, 6.07) is 13.1. The molecule has 6 nitrogen and oxygen atoms in total. The number of rotatable bonds is 6. The van der Waals surface area contributed by atoms with E-state index >= 15 is 0 Å². The summed E-state index contributed by atoms with van der Waals surface area (Å²) in [6.07, 6.45) is 0.576. The Kier molecular flexibility index (Phi) is 5.64. The summed E-state index contributed by atoms with van der Waals surface area (Å²) in [5.41, 5.74) is 2.61. The monoisotopic (exact) mass is 368 g/mol. The average Bonchev–Trinajstić information content (AvgIpc) is 3.13. The number of hydrogen-bond acceptors (Lipinski definition) is 5. The van der Waals surface area contributed by atoms with E-state index in [9.17, 15) is 4.79 Å². The first-order chi connectivity index (χ1) is 13.1. The molecule has 1 atom stereocenters. The van der Waals surface area contributed by atoms with E-state index in [1.165, 1.54) is 11.9 Å². The Balaban J connectivity index is 2.00. The molecule has 0 aliphatic carbocycles. The van der Waals surface area contributed by atoms with Crippen molar-refractivity contribution >= 4 is 11.6 Å². The van der Waals surface area contributed by atoms with Crippen LogP contribution in [0.15, 0.2) is 47.6 Å². The molecule has 3 rings (SSSR count). The third-order valence-electron chi connectivity index (χ3n) is 4.53. The number of amides is 1. The van der Waals surface area contributed by atoms with Gasteiger partial charge in [0, 0.05) is 30.5 Å². The van der Waals surface area contributed by atoms with E-state index in [2.05, 4.69) is 5.10 Å². The first kappa shape index (κ1) is 18.8. The Bertz CT molecular complexity index is 863. The molecule has 0 saturated heterocycles. The number of nitrogens with zero attached hydrogens (tertiary/aromatic N) is 2. The van der Waals surface area contributed by atoms with E-state index in [1.54, 1.807) is 14.2 Å². The van der Waals surface area contributed by atoms with Gasteiger partial charge in [-0.25, -0.2) is 5.01 Å². The van der Waals surface area contributed by atoms with Gasteiger partial charge in [0.25, 0.3) is 0 Å². The molecule has 0 unspecified atom stereocenters. The molecule has 0 aromatic heterocycles. The summed E-state index contributed by atoms with van der Waals surface area (Å²) in [4.78, 5) is 12.3. The second-order valence-corrected chi connectivity index (χ2v) is 6.17. The van der Waals surface area contributed by atoms with Crippen molar-refractivity contribution < 1.29 is 19.0 Å². The fourth-order valence-electron chi connectivity index (χ4n) is 3.29. The second kappa shape index (κ2) is 8.12. The van der Waals surface area contributed by atoms with Crippen molar-refractivity contribution in [3.63, 3.8) is 0 Å². The van der Waals surface area contributed by atoms with Gasteiger partial charge in [0.05, 0.1) is 32.6 Å². The highest BCUT2D eigenvalue weighted by molar-refractivity contribution is 6.05. The van der Waals surface area contributed by atoms with Crippen molar-refractivity contribution in [3.8, 4) is 17.2 Å². The lowest BCUT2D eigenvalue weighted by Gasteiger charge is -2.22. The van der Waals surface area contributed by atoms with Gasteiger partial charge in [-0.15, -0.1) is 0 Å². The molecule has 2 aromatic carbocycles. The van der Waals surface area contributed by atoms with E-state index < -0.39 is 0 Å². The molecule has 1 aliphatic heterocycles. The van der Waals surface area contributed by atoms with Crippen molar-refractivity contribution in [1.29, 1.82) is 0 Å². The molecule has 0 N–H and O–H groups in total. The number of methoxy groups -OCH3 is 2. The third-order valence-corrected chi connectivity index (χ3v) is 4.53. The summed E-state index contributed by atoms with van der Waals surface area (Å²) >= 11 is 0. The predicted molar refractivity (Wildman–Crippen MR) is 104 cm³/mol. The minimum Gasteiger partial charge on any atom is -0.497 e. The van der Waals surface area contributed by atoms with Gasteiger partial charge in [0.2, 0.25) is 5.91 Å². The van der Waals surface area contributed by atoms with Crippen molar-refractivity contribution in [3.05, 3.63) is 53.6 Å². The molecular formula is C21H24N2O4. The Morgan fingerprint density at radius 2 is 1.93 bits per heavy atom. The first-order valence-electron chi connectivity index (χ1n) is 8.90. The van der Waals surface area contributed by atoms with Gasteiger partial charge >= 0.3 is 0 Å². The van der Waals surface area contributed by atoms with Crippen LogP contribution in [0.2, 0.25) is 0 Å². The highest BCUT2D eigenvalue weighted by atomic mass is 16.5. The zero-order valence-corrected chi connectivity index (χ0v) is 16.1. The molecule has 0 spiro atoms. The van der Waals surface area contributed by atoms with Crippen molar-refractivity contribution in [1.82, 2.24) is 5.01 Å². The molecular weight excluding hydrogens is 344 g/mol. The van der Waals surface area contributed by atoms with Gasteiger partial charge in [-0.1, -0.05) is 12.1 Å². The van der Waals surface area contributed by atoms with Crippen LogP contribution in [-0.4, -0.2) is 37.5 Å². The molecule has 27 heavy (non-hydrogen) atoms. The van der Waals surface area contributed by atoms with E-state index in [0.29, 0.717) is 24.5 Å². The maximum absolute atomic E-state index is 12.3. The molecule has 0 fully saturated rings. The molecule has 1 heterocycles. The summed E-state index contributed by atoms with van der Waals surface area (Å²) in [5, 5.41) is 6.13. The second-order valence-electron chi connectivity index (χ2n) is 6.17. The zero-order valence-electron chi connectivity index (χ0n) is 16.1. The number of carbonyl (C=O) groups excluding carboxylic acids is 1. The van der Waals surface area contributed by atoms with Crippen LogP contribution < -0.4 is 14.2 Å². The van der Waals surface area contributed by atoms with Gasteiger partial charge in [0.15, 0.2) is 0 Å². The quantitative estimate of drug-likeness (QED) is 0.778. The van der Waals surface area contributed by atoms with Crippen molar-refractivity contribution in [2.24, 2.45) is 5.10 Å². The maximum atomic E-state index is 12.3. The van der Waals surface area contributed by atoms with E-state index in [4.69, 9.17) is 14.2 Å².